The summed E-state index contributed by atoms with van der Waals surface area (Å²) in [5.74, 6) is -1.59. The number of hydrogen-bond donors (Lipinski definition) is 1. The molecule has 6 atom stereocenters. The first-order chi connectivity index (χ1) is 16.1. The second kappa shape index (κ2) is 9.53. The molecule has 0 amide bonds. The van der Waals surface area contributed by atoms with E-state index in [4.69, 9.17) is 14.2 Å². The van der Waals surface area contributed by atoms with Gasteiger partial charge in [0.1, 0.15) is 6.10 Å². The number of ether oxygens (including phenoxy) is 3. The molecule has 0 aromatic carbocycles. The fourth-order valence-electron chi connectivity index (χ4n) is 6.67. The summed E-state index contributed by atoms with van der Waals surface area (Å²) in [7, 11) is -3.70. The quantitative estimate of drug-likeness (QED) is 0.398. The van der Waals surface area contributed by atoms with Gasteiger partial charge in [-0.25, -0.2) is 13.1 Å². The lowest BCUT2D eigenvalue weighted by atomic mass is 9.83. The van der Waals surface area contributed by atoms with E-state index in [1.165, 1.54) is 6.42 Å². The van der Waals surface area contributed by atoms with Gasteiger partial charge >= 0.3 is 11.9 Å². The SMILES string of the molecule is CC(C)(OC(=O)C1C2CC3C(NS(=O)(=O)C31)C2OC(=O)CN1CCSCC1)OC1CCCCC1. The van der Waals surface area contributed by atoms with Crippen LogP contribution < -0.4 is 4.72 Å². The van der Waals surface area contributed by atoms with E-state index in [-0.39, 0.29) is 30.5 Å². The van der Waals surface area contributed by atoms with Crippen LogP contribution in [0.5, 0.6) is 0 Å². The van der Waals surface area contributed by atoms with Crippen molar-refractivity contribution in [2.75, 3.05) is 31.1 Å². The second-order valence-electron chi connectivity index (χ2n) is 10.8. The van der Waals surface area contributed by atoms with Crippen LogP contribution in [0.25, 0.3) is 0 Å². The van der Waals surface area contributed by atoms with E-state index in [9.17, 15) is 18.0 Å². The lowest BCUT2D eigenvalue weighted by Gasteiger charge is -2.36. The van der Waals surface area contributed by atoms with Crippen molar-refractivity contribution in [2.24, 2.45) is 17.8 Å². The van der Waals surface area contributed by atoms with Crippen molar-refractivity contribution in [1.82, 2.24) is 9.62 Å². The highest BCUT2D eigenvalue weighted by Gasteiger charge is 2.71. The Morgan fingerprint density at radius 1 is 1.09 bits per heavy atom. The standard InChI is InChI=1S/C23H36N2O7S2/c1-23(2,31-14-6-4-3-5-7-14)32-22(27)18-15-12-16-19(24-34(28,29)21(16)18)20(15)30-17(26)13-25-8-10-33-11-9-25/h14-16,18-21,24H,3-13H2,1-2H3. The predicted molar refractivity (Wildman–Crippen MR) is 126 cm³/mol. The molecule has 0 aromatic heterocycles. The van der Waals surface area contributed by atoms with Gasteiger partial charge in [0, 0.05) is 44.4 Å². The van der Waals surface area contributed by atoms with Crippen LogP contribution in [0.1, 0.15) is 52.4 Å². The minimum absolute atomic E-state index is 0.0414. The number of esters is 2. The summed E-state index contributed by atoms with van der Waals surface area (Å²) in [4.78, 5) is 28.2. The smallest absolute Gasteiger partial charge is 0.320 e. The van der Waals surface area contributed by atoms with Crippen molar-refractivity contribution in [3.05, 3.63) is 0 Å². The number of fused-ring (bicyclic) bond motifs is 1. The van der Waals surface area contributed by atoms with Gasteiger partial charge in [0.15, 0.2) is 0 Å². The van der Waals surface area contributed by atoms with Gasteiger partial charge in [-0.1, -0.05) is 19.3 Å². The molecule has 5 rings (SSSR count). The molecule has 5 aliphatic rings. The molecule has 0 radical (unpaired) electrons. The molecular weight excluding hydrogens is 480 g/mol. The normalized spacial score (nSPS) is 37.6. The Hall–Kier alpha value is -0.880. The summed E-state index contributed by atoms with van der Waals surface area (Å²) in [6.45, 7) is 5.28. The summed E-state index contributed by atoms with van der Waals surface area (Å²) in [6, 6.07) is -0.462. The van der Waals surface area contributed by atoms with Crippen molar-refractivity contribution < 1.29 is 32.2 Å². The van der Waals surface area contributed by atoms with E-state index in [0.29, 0.717) is 6.42 Å². The average molecular weight is 517 g/mol. The van der Waals surface area contributed by atoms with Gasteiger partial charge in [-0.2, -0.15) is 11.8 Å². The molecule has 2 bridgehead atoms. The van der Waals surface area contributed by atoms with Crippen molar-refractivity contribution in [2.45, 2.75) is 81.7 Å². The molecule has 6 unspecified atom stereocenters. The topological polar surface area (TPSA) is 111 Å². The molecule has 3 saturated carbocycles. The Morgan fingerprint density at radius 3 is 2.50 bits per heavy atom. The molecule has 3 aliphatic carbocycles. The molecule has 192 valence electrons. The van der Waals surface area contributed by atoms with Gasteiger partial charge < -0.3 is 14.2 Å². The minimum Gasteiger partial charge on any atom is -0.459 e. The number of carbonyl (C=O) groups excluding carboxylic acids is 2. The van der Waals surface area contributed by atoms with Gasteiger partial charge in [-0.05, 0) is 25.2 Å². The van der Waals surface area contributed by atoms with Crippen LogP contribution in [0, 0.1) is 17.8 Å². The highest BCUT2D eigenvalue weighted by Crippen LogP contribution is 2.56. The van der Waals surface area contributed by atoms with E-state index >= 15 is 0 Å². The highest BCUT2D eigenvalue weighted by molar-refractivity contribution is 7.99. The van der Waals surface area contributed by atoms with Crippen molar-refractivity contribution in [3.63, 3.8) is 0 Å². The van der Waals surface area contributed by atoms with Crippen LogP contribution in [-0.4, -0.2) is 85.7 Å². The van der Waals surface area contributed by atoms with E-state index in [1.807, 2.05) is 11.8 Å². The van der Waals surface area contributed by atoms with Crippen molar-refractivity contribution in [1.29, 1.82) is 0 Å². The zero-order valence-corrected chi connectivity index (χ0v) is 21.6. The summed E-state index contributed by atoms with van der Waals surface area (Å²) in [6.07, 6.45) is 5.18. The number of nitrogens with one attached hydrogen (secondary N) is 1. The molecule has 2 saturated heterocycles. The molecule has 11 heteroatoms. The van der Waals surface area contributed by atoms with Crippen LogP contribution in [0.4, 0.5) is 0 Å². The largest absolute Gasteiger partial charge is 0.459 e. The minimum atomic E-state index is -3.70. The molecule has 2 heterocycles. The van der Waals surface area contributed by atoms with Crippen LogP contribution in [0.2, 0.25) is 0 Å². The third-order valence-electron chi connectivity index (χ3n) is 8.02. The number of thioether (sulfide) groups is 1. The van der Waals surface area contributed by atoms with Crippen LogP contribution in [0.15, 0.2) is 0 Å². The summed E-state index contributed by atoms with van der Waals surface area (Å²) in [5, 5.41) is -0.838. The van der Waals surface area contributed by atoms with E-state index in [1.54, 1.807) is 13.8 Å². The molecule has 2 aliphatic heterocycles. The number of sulfonamides is 1. The Labute approximate surface area is 206 Å². The molecule has 0 aromatic rings. The molecule has 0 spiro atoms. The maximum absolute atomic E-state index is 13.4. The summed E-state index contributed by atoms with van der Waals surface area (Å²) < 4.78 is 46.3. The maximum atomic E-state index is 13.4. The fourth-order valence-corrected chi connectivity index (χ4v) is 9.93. The average Bonchev–Trinajstić information content (AvgIpc) is 3.37. The van der Waals surface area contributed by atoms with Crippen molar-refractivity contribution in [3.8, 4) is 0 Å². The van der Waals surface area contributed by atoms with Crippen molar-refractivity contribution >= 4 is 33.7 Å². The Kier molecular flexibility index (Phi) is 6.95. The zero-order valence-electron chi connectivity index (χ0n) is 19.9. The van der Waals surface area contributed by atoms with Gasteiger partial charge in [0.25, 0.3) is 0 Å². The number of nitrogens with zero attached hydrogens (tertiary/aromatic N) is 1. The van der Waals surface area contributed by atoms with Crippen LogP contribution in [0.3, 0.4) is 0 Å². The van der Waals surface area contributed by atoms with Crippen LogP contribution in [-0.2, 0) is 33.8 Å². The second-order valence-corrected chi connectivity index (χ2v) is 13.9. The Bertz CT molecular complexity index is 899. The third-order valence-corrected chi connectivity index (χ3v) is 10.9. The van der Waals surface area contributed by atoms with Gasteiger partial charge in [-0.15, -0.1) is 0 Å². The molecule has 9 nitrogen and oxygen atoms in total. The number of rotatable bonds is 7. The number of hydrogen-bond acceptors (Lipinski definition) is 9. The Morgan fingerprint density at radius 2 is 1.79 bits per heavy atom. The van der Waals surface area contributed by atoms with E-state index in [2.05, 4.69) is 9.62 Å². The highest BCUT2D eigenvalue weighted by atomic mass is 32.2. The summed E-state index contributed by atoms with van der Waals surface area (Å²) >= 11 is 1.86. The molecule has 34 heavy (non-hydrogen) atoms. The monoisotopic (exact) mass is 516 g/mol. The molecule has 1 N–H and O–H groups in total. The molecule has 5 fully saturated rings. The van der Waals surface area contributed by atoms with E-state index in [0.717, 1.165) is 50.3 Å². The lowest BCUT2D eigenvalue weighted by molar-refractivity contribution is -0.240. The lowest BCUT2D eigenvalue weighted by Crippen LogP contribution is -2.49. The van der Waals surface area contributed by atoms with Gasteiger partial charge in [0.2, 0.25) is 15.8 Å². The first-order valence-corrected chi connectivity index (χ1v) is 15.3. The zero-order chi connectivity index (χ0) is 24.1. The third kappa shape index (κ3) is 4.87. The first kappa shape index (κ1) is 24.8. The maximum Gasteiger partial charge on any atom is 0.320 e. The Balaban J connectivity index is 1.27. The first-order valence-electron chi connectivity index (χ1n) is 12.6. The van der Waals surface area contributed by atoms with Crippen LogP contribution >= 0.6 is 11.8 Å². The predicted octanol–water partition coefficient (Wildman–Crippen LogP) is 1.51. The fraction of sp³-hybridized carbons (Fsp3) is 0.913. The number of carbonyl (C=O) groups is 2. The molecular formula is C23H36N2O7S2. The van der Waals surface area contributed by atoms with E-state index < -0.39 is 45.1 Å². The van der Waals surface area contributed by atoms with Gasteiger partial charge in [0.05, 0.1) is 29.9 Å². The van der Waals surface area contributed by atoms with Gasteiger partial charge in [-0.3, -0.25) is 14.5 Å². The summed E-state index contributed by atoms with van der Waals surface area (Å²) in [5.41, 5.74) is 0.